The molecule has 2 rings (SSSR count). The molecule has 0 aliphatic carbocycles. The second-order valence-corrected chi connectivity index (χ2v) is 4.51. The maximum Gasteiger partial charge on any atom is 0.147 e. The van der Waals surface area contributed by atoms with Gasteiger partial charge in [0.1, 0.15) is 17.7 Å². The van der Waals surface area contributed by atoms with Crippen LogP contribution in [0.4, 0.5) is 8.78 Å². The summed E-state index contributed by atoms with van der Waals surface area (Å²) >= 11 is 5.65. The summed E-state index contributed by atoms with van der Waals surface area (Å²) in [5, 5.41) is 10.0. The lowest BCUT2D eigenvalue weighted by molar-refractivity contribution is 0.214. The topological polar surface area (TPSA) is 20.2 Å². The SMILES string of the molecule is Cc1cc(F)cc(C(O)c2cccc(Cl)c2F)c1. The maximum atomic E-state index is 13.8. The summed E-state index contributed by atoms with van der Waals surface area (Å²) in [6, 6.07) is 8.48. The first-order chi connectivity index (χ1) is 8.49. The van der Waals surface area contributed by atoms with Crippen molar-refractivity contribution in [1.82, 2.24) is 0 Å². The number of rotatable bonds is 2. The molecule has 0 bridgehead atoms. The van der Waals surface area contributed by atoms with Gasteiger partial charge in [0.15, 0.2) is 0 Å². The second-order valence-electron chi connectivity index (χ2n) is 4.11. The molecule has 2 aromatic rings. The zero-order chi connectivity index (χ0) is 13.3. The lowest BCUT2D eigenvalue weighted by Gasteiger charge is -2.13. The molecule has 0 aliphatic heterocycles. The Morgan fingerprint density at radius 1 is 1.17 bits per heavy atom. The fourth-order valence-corrected chi connectivity index (χ4v) is 2.02. The van der Waals surface area contributed by atoms with Crippen molar-refractivity contribution in [2.75, 3.05) is 0 Å². The van der Waals surface area contributed by atoms with Crippen LogP contribution in [-0.4, -0.2) is 5.11 Å². The molecule has 0 fully saturated rings. The molecule has 0 amide bonds. The minimum absolute atomic E-state index is 0.0347. The average Bonchev–Trinajstić information content (AvgIpc) is 2.30. The molecule has 94 valence electrons. The van der Waals surface area contributed by atoms with Gasteiger partial charge in [0.25, 0.3) is 0 Å². The number of aliphatic hydroxyl groups is 1. The third-order valence-electron chi connectivity index (χ3n) is 2.66. The van der Waals surface area contributed by atoms with E-state index >= 15 is 0 Å². The summed E-state index contributed by atoms with van der Waals surface area (Å²) in [4.78, 5) is 0. The third kappa shape index (κ3) is 2.52. The van der Waals surface area contributed by atoms with E-state index in [1.165, 1.54) is 30.3 Å². The Labute approximate surface area is 109 Å². The van der Waals surface area contributed by atoms with Gasteiger partial charge in [0.2, 0.25) is 0 Å². The molecule has 0 heterocycles. The van der Waals surface area contributed by atoms with E-state index in [4.69, 9.17) is 11.6 Å². The van der Waals surface area contributed by atoms with Gasteiger partial charge in [-0.1, -0.05) is 29.8 Å². The largest absolute Gasteiger partial charge is 0.384 e. The van der Waals surface area contributed by atoms with E-state index < -0.39 is 17.7 Å². The first-order valence-corrected chi connectivity index (χ1v) is 5.76. The monoisotopic (exact) mass is 268 g/mol. The van der Waals surface area contributed by atoms with Crippen molar-refractivity contribution < 1.29 is 13.9 Å². The van der Waals surface area contributed by atoms with Gasteiger partial charge in [-0.3, -0.25) is 0 Å². The van der Waals surface area contributed by atoms with Crippen LogP contribution < -0.4 is 0 Å². The highest BCUT2D eigenvalue weighted by molar-refractivity contribution is 6.30. The fraction of sp³-hybridized carbons (Fsp3) is 0.143. The lowest BCUT2D eigenvalue weighted by atomic mass is 9.99. The molecule has 1 N–H and O–H groups in total. The molecule has 0 aromatic heterocycles. The van der Waals surface area contributed by atoms with Crippen LogP contribution in [0.2, 0.25) is 5.02 Å². The lowest BCUT2D eigenvalue weighted by Crippen LogP contribution is -2.04. The van der Waals surface area contributed by atoms with Gasteiger partial charge in [-0.25, -0.2) is 8.78 Å². The van der Waals surface area contributed by atoms with Crippen LogP contribution in [0.15, 0.2) is 36.4 Å². The van der Waals surface area contributed by atoms with Crippen molar-refractivity contribution in [1.29, 1.82) is 0 Å². The van der Waals surface area contributed by atoms with Crippen LogP contribution in [0, 0.1) is 18.6 Å². The highest BCUT2D eigenvalue weighted by Crippen LogP contribution is 2.28. The van der Waals surface area contributed by atoms with Gasteiger partial charge >= 0.3 is 0 Å². The summed E-state index contributed by atoms with van der Waals surface area (Å²) in [5.41, 5.74) is 0.993. The smallest absolute Gasteiger partial charge is 0.147 e. The van der Waals surface area contributed by atoms with Gasteiger partial charge < -0.3 is 5.11 Å². The van der Waals surface area contributed by atoms with E-state index in [1.54, 1.807) is 13.0 Å². The Kier molecular flexibility index (Phi) is 3.64. The molecular weight excluding hydrogens is 258 g/mol. The Hall–Kier alpha value is -1.45. The zero-order valence-electron chi connectivity index (χ0n) is 9.62. The van der Waals surface area contributed by atoms with Crippen molar-refractivity contribution >= 4 is 11.6 Å². The van der Waals surface area contributed by atoms with Gasteiger partial charge in [-0.15, -0.1) is 0 Å². The Morgan fingerprint density at radius 3 is 2.56 bits per heavy atom. The fourth-order valence-electron chi connectivity index (χ4n) is 1.83. The normalized spacial score (nSPS) is 12.5. The number of hydrogen-bond donors (Lipinski definition) is 1. The van der Waals surface area contributed by atoms with Crippen molar-refractivity contribution in [2.45, 2.75) is 13.0 Å². The summed E-state index contributed by atoms with van der Waals surface area (Å²) in [6.45, 7) is 1.70. The molecule has 2 aromatic carbocycles. The summed E-state index contributed by atoms with van der Waals surface area (Å²) < 4.78 is 27.0. The zero-order valence-corrected chi connectivity index (χ0v) is 10.4. The minimum atomic E-state index is -1.24. The van der Waals surface area contributed by atoms with Crippen LogP contribution in [0.3, 0.4) is 0 Å². The van der Waals surface area contributed by atoms with Crippen LogP contribution in [0.25, 0.3) is 0 Å². The summed E-state index contributed by atoms with van der Waals surface area (Å²) in [5.74, 6) is -1.15. The number of hydrogen-bond acceptors (Lipinski definition) is 1. The maximum absolute atomic E-state index is 13.8. The van der Waals surface area contributed by atoms with Crippen molar-refractivity contribution in [3.63, 3.8) is 0 Å². The van der Waals surface area contributed by atoms with Gasteiger partial charge in [-0.05, 0) is 36.2 Å². The molecule has 1 atom stereocenters. The standard InChI is InChI=1S/C14H11ClF2O/c1-8-5-9(7-10(16)6-8)14(18)11-3-2-4-12(15)13(11)17/h2-7,14,18H,1H3. The second kappa shape index (κ2) is 5.04. The molecule has 0 saturated carbocycles. The number of aliphatic hydroxyl groups excluding tert-OH is 1. The minimum Gasteiger partial charge on any atom is -0.384 e. The van der Waals surface area contributed by atoms with E-state index in [-0.39, 0.29) is 10.6 Å². The van der Waals surface area contributed by atoms with Crippen LogP contribution >= 0.6 is 11.6 Å². The third-order valence-corrected chi connectivity index (χ3v) is 2.95. The quantitative estimate of drug-likeness (QED) is 0.873. The van der Waals surface area contributed by atoms with Gasteiger partial charge in [0.05, 0.1) is 5.02 Å². The first-order valence-electron chi connectivity index (χ1n) is 5.38. The van der Waals surface area contributed by atoms with Crippen LogP contribution in [0.1, 0.15) is 22.8 Å². The number of halogens is 3. The van der Waals surface area contributed by atoms with Crippen LogP contribution in [0.5, 0.6) is 0 Å². The van der Waals surface area contributed by atoms with E-state index in [0.717, 1.165) is 0 Å². The predicted octanol–water partition coefficient (Wildman–Crippen LogP) is 4.01. The molecule has 4 heteroatoms. The Morgan fingerprint density at radius 2 is 1.89 bits per heavy atom. The highest BCUT2D eigenvalue weighted by Gasteiger charge is 2.17. The Bertz CT molecular complexity index is 564. The molecule has 0 spiro atoms. The molecule has 0 saturated heterocycles. The molecule has 18 heavy (non-hydrogen) atoms. The van der Waals surface area contributed by atoms with Crippen molar-refractivity contribution in [3.05, 3.63) is 69.7 Å². The molecule has 0 radical (unpaired) electrons. The first kappa shape index (κ1) is 13.0. The molecule has 0 aliphatic rings. The van der Waals surface area contributed by atoms with E-state index in [1.807, 2.05) is 0 Å². The molecular formula is C14H11ClF2O. The molecule has 1 unspecified atom stereocenters. The average molecular weight is 269 g/mol. The van der Waals surface area contributed by atoms with Crippen molar-refractivity contribution in [3.8, 4) is 0 Å². The number of benzene rings is 2. The van der Waals surface area contributed by atoms with E-state index in [9.17, 15) is 13.9 Å². The van der Waals surface area contributed by atoms with Gasteiger partial charge in [0, 0.05) is 5.56 Å². The number of aryl methyl sites for hydroxylation is 1. The summed E-state index contributed by atoms with van der Waals surface area (Å²) in [6.07, 6.45) is -1.24. The van der Waals surface area contributed by atoms with E-state index in [0.29, 0.717) is 11.1 Å². The Balaban J connectivity index is 2.47. The highest BCUT2D eigenvalue weighted by atomic mass is 35.5. The van der Waals surface area contributed by atoms with Crippen molar-refractivity contribution in [2.24, 2.45) is 0 Å². The predicted molar refractivity (Wildman–Crippen MR) is 66.6 cm³/mol. The van der Waals surface area contributed by atoms with Gasteiger partial charge in [-0.2, -0.15) is 0 Å². The van der Waals surface area contributed by atoms with Crippen LogP contribution in [-0.2, 0) is 0 Å². The summed E-state index contributed by atoms with van der Waals surface area (Å²) in [7, 11) is 0. The van der Waals surface area contributed by atoms with E-state index in [2.05, 4.69) is 0 Å². The molecule has 1 nitrogen and oxygen atoms in total.